The van der Waals surface area contributed by atoms with Gasteiger partial charge in [-0.2, -0.15) is 0 Å². The van der Waals surface area contributed by atoms with Crippen LogP contribution in [0.5, 0.6) is 0 Å². The van der Waals surface area contributed by atoms with Crippen molar-refractivity contribution in [2.75, 3.05) is 0 Å². The van der Waals surface area contributed by atoms with E-state index in [1.54, 1.807) is 0 Å². The molecule has 4 nitrogen and oxygen atoms in total. The van der Waals surface area contributed by atoms with Gasteiger partial charge in [-0.3, -0.25) is 4.99 Å². The Bertz CT molecular complexity index is 2020. The summed E-state index contributed by atoms with van der Waals surface area (Å²) in [5, 5.41) is 2.39. The van der Waals surface area contributed by atoms with Crippen LogP contribution in [0, 0.1) is 25.7 Å². The molecule has 0 bridgehead atoms. The minimum Gasteiger partial charge on any atom is -0.261 e. The number of aryl methyl sites for hydroxylation is 2. The van der Waals surface area contributed by atoms with Gasteiger partial charge in [0.05, 0.1) is 5.71 Å². The van der Waals surface area contributed by atoms with Crippen molar-refractivity contribution in [3.8, 4) is 33.9 Å². The van der Waals surface area contributed by atoms with E-state index in [1.165, 1.54) is 27.6 Å². The molecule has 4 aromatic carbocycles. The highest BCUT2D eigenvalue weighted by molar-refractivity contribution is 6.07. The Kier molecular flexibility index (Phi) is 7.81. The number of hydrogen-bond donors (Lipinski definition) is 0. The fraction of sp³-hybridized carbons (Fsp3) is 0.220. The first-order chi connectivity index (χ1) is 22.0. The first kappa shape index (κ1) is 28.8. The minimum absolute atomic E-state index is 0.0711. The van der Waals surface area contributed by atoms with E-state index in [-0.39, 0.29) is 11.8 Å². The minimum atomic E-state index is 0.0711. The fourth-order valence-corrected chi connectivity index (χ4v) is 6.82. The van der Waals surface area contributed by atoms with E-state index in [1.807, 2.05) is 24.4 Å². The molecule has 2 aliphatic rings. The highest BCUT2D eigenvalue weighted by Crippen LogP contribution is 2.41. The third-order valence-electron chi connectivity index (χ3n) is 9.27. The van der Waals surface area contributed by atoms with Crippen molar-refractivity contribution in [1.82, 2.24) is 15.0 Å². The van der Waals surface area contributed by atoms with E-state index >= 15 is 0 Å². The van der Waals surface area contributed by atoms with Crippen LogP contribution in [-0.2, 0) is 0 Å². The van der Waals surface area contributed by atoms with Gasteiger partial charge in [-0.25, -0.2) is 15.0 Å². The van der Waals surface area contributed by atoms with E-state index in [2.05, 4.69) is 119 Å². The number of benzene rings is 4. The molecular weight excluding hydrogens is 548 g/mol. The summed E-state index contributed by atoms with van der Waals surface area (Å²) in [6.45, 7) is 8.87. The van der Waals surface area contributed by atoms with Gasteiger partial charge < -0.3 is 0 Å². The van der Waals surface area contributed by atoms with Crippen LogP contribution < -0.4 is 0 Å². The predicted octanol–water partition coefficient (Wildman–Crippen LogP) is 10.2. The molecule has 0 spiro atoms. The van der Waals surface area contributed by atoms with Crippen LogP contribution in [0.4, 0.5) is 0 Å². The van der Waals surface area contributed by atoms with E-state index in [9.17, 15) is 0 Å². The molecule has 0 N–H and O–H groups in total. The average molecular weight is 587 g/mol. The molecule has 3 atom stereocenters. The quantitative estimate of drug-likeness (QED) is 0.199. The summed E-state index contributed by atoms with van der Waals surface area (Å²) in [6, 6.07) is 28.0. The van der Waals surface area contributed by atoms with Gasteiger partial charge in [-0.1, -0.05) is 123 Å². The Morgan fingerprint density at radius 1 is 0.733 bits per heavy atom. The lowest BCUT2D eigenvalue weighted by atomic mass is 9.85. The summed E-state index contributed by atoms with van der Waals surface area (Å²) < 4.78 is 0. The molecule has 1 aliphatic heterocycles. The largest absolute Gasteiger partial charge is 0.261 e. The average Bonchev–Trinajstić information content (AvgIpc) is 3.08. The number of hydrogen-bond acceptors (Lipinski definition) is 4. The van der Waals surface area contributed by atoms with Crippen LogP contribution >= 0.6 is 0 Å². The van der Waals surface area contributed by atoms with Crippen LogP contribution in [-0.4, -0.2) is 20.7 Å². The third kappa shape index (κ3) is 5.46. The Labute approximate surface area is 266 Å². The van der Waals surface area contributed by atoms with Crippen molar-refractivity contribution in [1.29, 1.82) is 0 Å². The van der Waals surface area contributed by atoms with Crippen molar-refractivity contribution in [2.45, 2.75) is 46.5 Å². The summed E-state index contributed by atoms with van der Waals surface area (Å²) >= 11 is 0. The predicted molar refractivity (Wildman–Crippen MR) is 187 cm³/mol. The second kappa shape index (κ2) is 12.2. The maximum absolute atomic E-state index is 5.26. The summed E-state index contributed by atoms with van der Waals surface area (Å²) in [5.74, 6) is 3.01. The van der Waals surface area contributed by atoms with Crippen LogP contribution in [0.2, 0.25) is 0 Å². The number of fused-ring (bicyclic) bond motifs is 1. The normalized spacial score (nSPS) is 19.2. The Morgan fingerprint density at radius 2 is 1.51 bits per heavy atom. The monoisotopic (exact) mass is 586 g/mol. The first-order valence-corrected chi connectivity index (χ1v) is 16.0. The van der Waals surface area contributed by atoms with Gasteiger partial charge >= 0.3 is 0 Å². The molecule has 0 saturated carbocycles. The number of nitrogens with zero attached hydrogens (tertiary/aromatic N) is 4. The molecule has 45 heavy (non-hydrogen) atoms. The summed E-state index contributed by atoms with van der Waals surface area (Å²) in [5.41, 5.74) is 9.13. The van der Waals surface area contributed by atoms with E-state index < -0.39 is 0 Å². The van der Waals surface area contributed by atoms with Gasteiger partial charge in [0.2, 0.25) is 0 Å². The maximum Gasteiger partial charge on any atom is 0.164 e. The fourth-order valence-electron chi connectivity index (χ4n) is 6.82. The number of aromatic nitrogens is 3. The Balaban J connectivity index is 1.47. The zero-order chi connectivity index (χ0) is 30.9. The highest BCUT2D eigenvalue weighted by Gasteiger charge is 2.25. The van der Waals surface area contributed by atoms with Gasteiger partial charge in [-0.05, 0) is 65.6 Å². The highest BCUT2D eigenvalue weighted by atomic mass is 15.0. The molecule has 0 amide bonds. The van der Waals surface area contributed by atoms with Crippen LogP contribution in [0.1, 0.15) is 55.1 Å². The molecule has 1 aliphatic carbocycles. The van der Waals surface area contributed by atoms with Crippen LogP contribution in [0.3, 0.4) is 0 Å². The Morgan fingerprint density at radius 3 is 2.31 bits per heavy atom. The molecule has 7 rings (SSSR count). The van der Waals surface area contributed by atoms with E-state index in [4.69, 9.17) is 19.9 Å². The van der Waals surface area contributed by atoms with Gasteiger partial charge in [0, 0.05) is 34.7 Å². The lowest BCUT2D eigenvalue weighted by molar-refractivity contribution is 0.600. The third-order valence-corrected chi connectivity index (χ3v) is 9.27. The maximum atomic E-state index is 5.26. The van der Waals surface area contributed by atoms with Crippen molar-refractivity contribution >= 4 is 16.5 Å². The van der Waals surface area contributed by atoms with Crippen molar-refractivity contribution in [3.63, 3.8) is 0 Å². The van der Waals surface area contributed by atoms with Gasteiger partial charge in [0.15, 0.2) is 11.6 Å². The summed E-state index contributed by atoms with van der Waals surface area (Å²) in [6.07, 6.45) is 14.9. The Hall–Kier alpha value is -4.96. The molecule has 5 aromatic rings. The first-order valence-electron chi connectivity index (χ1n) is 16.0. The smallest absolute Gasteiger partial charge is 0.164 e. The van der Waals surface area contributed by atoms with Crippen molar-refractivity contribution in [3.05, 3.63) is 138 Å². The zero-order valence-corrected chi connectivity index (χ0v) is 26.4. The number of aliphatic imine (C=N–C) groups is 1. The van der Waals surface area contributed by atoms with Gasteiger partial charge in [-0.15, -0.1) is 0 Å². The van der Waals surface area contributed by atoms with Crippen LogP contribution in [0.25, 0.3) is 44.7 Å². The number of allylic oxidation sites excluding steroid dienone is 5. The summed E-state index contributed by atoms with van der Waals surface area (Å²) in [7, 11) is 0. The molecule has 0 saturated heterocycles. The van der Waals surface area contributed by atoms with Gasteiger partial charge in [0.25, 0.3) is 0 Å². The standard InChI is InChI=1S/C41H38N4/c1-5-29-18-13-23-42-38(29)33-22-21-32(24-27(33)3)37-35-20-12-10-17-31(35)25-28(4)36(37)41-44-39(30-15-7-6-8-16-30)43-40(45-41)34-19-11-9-14-26(34)2/h6-17,19-26,29,34H,5,18H2,1-4H3/t26-,29+,34?/m1/s1. The molecule has 0 radical (unpaired) electrons. The SMILES string of the molecule is CC[C@H]1CC=CN=C1c1ccc(-c2c(-c3nc(-c4ccccc4)nc(C4C=CC=C[C@H]4C)n3)c(C)cc3ccccc23)cc1C. The molecule has 222 valence electrons. The van der Waals surface area contributed by atoms with E-state index in [0.717, 1.165) is 46.5 Å². The zero-order valence-electron chi connectivity index (χ0n) is 26.4. The van der Waals surface area contributed by atoms with Gasteiger partial charge in [0.1, 0.15) is 5.82 Å². The molecular formula is C41H38N4. The molecule has 1 aromatic heterocycles. The lowest BCUT2D eigenvalue weighted by Gasteiger charge is -2.23. The van der Waals surface area contributed by atoms with Crippen molar-refractivity contribution < 1.29 is 0 Å². The molecule has 1 unspecified atom stereocenters. The van der Waals surface area contributed by atoms with Crippen LogP contribution in [0.15, 0.2) is 120 Å². The molecule has 2 heterocycles. The van der Waals surface area contributed by atoms with Crippen molar-refractivity contribution in [2.24, 2.45) is 16.8 Å². The summed E-state index contributed by atoms with van der Waals surface area (Å²) in [4.78, 5) is 20.4. The lowest BCUT2D eigenvalue weighted by Crippen LogP contribution is -2.17. The van der Waals surface area contributed by atoms with E-state index in [0.29, 0.717) is 17.6 Å². The topological polar surface area (TPSA) is 51.0 Å². The second-order valence-corrected chi connectivity index (χ2v) is 12.3. The second-order valence-electron chi connectivity index (χ2n) is 12.3. The number of rotatable bonds is 6. The molecule has 0 fully saturated rings. The molecule has 4 heteroatoms.